The van der Waals surface area contributed by atoms with Crippen molar-refractivity contribution >= 4 is 22.6 Å². The van der Waals surface area contributed by atoms with E-state index in [4.69, 9.17) is 21.3 Å². The summed E-state index contributed by atoms with van der Waals surface area (Å²) >= 11 is 6.15. The van der Waals surface area contributed by atoms with Crippen molar-refractivity contribution in [2.75, 3.05) is 0 Å². The molecule has 0 bridgehead atoms. The summed E-state index contributed by atoms with van der Waals surface area (Å²) in [4.78, 5) is 4.89. The van der Waals surface area contributed by atoms with Gasteiger partial charge in [-0.2, -0.15) is 0 Å². The first-order valence-electron chi connectivity index (χ1n) is 10.0. The number of imidazole rings is 1. The zero-order chi connectivity index (χ0) is 20.2. The molecular weight excluding hydrogens is 380 g/mol. The first-order chi connectivity index (χ1) is 14.1. The van der Waals surface area contributed by atoms with Crippen LogP contribution in [0.4, 0.5) is 0 Å². The fourth-order valence-electron chi connectivity index (χ4n) is 3.67. The topological polar surface area (TPSA) is 27.1 Å². The number of rotatable bonds is 7. The maximum Gasteiger partial charge on any atom is 0.153 e. The third-order valence-electron chi connectivity index (χ3n) is 5.18. The van der Waals surface area contributed by atoms with Crippen LogP contribution in [0.1, 0.15) is 36.4 Å². The Morgan fingerprint density at radius 1 is 1.00 bits per heavy atom. The molecule has 148 valence electrons. The minimum Gasteiger partial charge on any atom is -0.483 e. The van der Waals surface area contributed by atoms with Crippen LogP contribution in [-0.2, 0) is 13.0 Å². The minimum absolute atomic E-state index is 0.167. The number of aromatic nitrogens is 2. The summed E-state index contributed by atoms with van der Waals surface area (Å²) in [5.41, 5.74) is 4.52. The van der Waals surface area contributed by atoms with Crippen molar-refractivity contribution < 1.29 is 4.74 Å². The van der Waals surface area contributed by atoms with E-state index in [2.05, 4.69) is 60.0 Å². The van der Waals surface area contributed by atoms with Crippen molar-refractivity contribution in [2.45, 2.75) is 39.3 Å². The fraction of sp³-hybridized carbons (Fsp3) is 0.240. The molecule has 0 aliphatic rings. The maximum absolute atomic E-state index is 6.23. The predicted octanol–water partition coefficient (Wildman–Crippen LogP) is 6.77. The molecule has 0 saturated carbocycles. The average Bonchev–Trinajstić information content (AvgIpc) is 3.10. The van der Waals surface area contributed by atoms with Gasteiger partial charge in [0.15, 0.2) is 11.9 Å². The van der Waals surface area contributed by atoms with E-state index >= 15 is 0 Å². The number of nitrogens with zero attached hydrogens (tertiary/aromatic N) is 2. The highest BCUT2D eigenvalue weighted by Gasteiger charge is 2.18. The Labute approximate surface area is 176 Å². The van der Waals surface area contributed by atoms with E-state index in [0.717, 1.165) is 52.6 Å². The van der Waals surface area contributed by atoms with E-state index < -0.39 is 0 Å². The number of aryl methyl sites for hydroxylation is 3. The SMILES string of the molecule is Cc1cc(OC(C)c2nc3ccccc3n2CCCc2ccccc2)ccc1Cl. The second kappa shape index (κ2) is 8.71. The molecule has 0 spiro atoms. The van der Waals surface area contributed by atoms with Crippen LogP contribution in [0.3, 0.4) is 0 Å². The summed E-state index contributed by atoms with van der Waals surface area (Å²) in [6, 6.07) is 24.7. The molecule has 1 aromatic heterocycles. The Balaban J connectivity index is 1.57. The van der Waals surface area contributed by atoms with Crippen molar-refractivity contribution in [1.29, 1.82) is 0 Å². The number of hydrogen-bond acceptors (Lipinski definition) is 2. The first-order valence-corrected chi connectivity index (χ1v) is 10.4. The molecular formula is C25H25ClN2O. The molecule has 1 atom stereocenters. The number of fused-ring (bicyclic) bond motifs is 1. The number of halogens is 1. The van der Waals surface area contributed by atoms with E-state index in [0.29, 0.717) is 0 Å². The molecule has 29 heavy (non-hydrogen) atoms. The molecule has 3 aromatic carbocycles. The number of hydrogen-bond donors (Lipinski definition) is 0. The Hall–Kier alpha value is -2.78. The number of para-hydroxylation sites is 2. The number of ether oxygens (including phenoxy) is 1. The Bertz CT molecular complexity index is 1100. The lowest BCUT2D eigenvalue weighted by Crippen LogP contribution is -2.12. The summed E-state index contributed by atoms with van der Waals surface area (Å²) in [6.45, 7) is 4.94. The van der Waals surface area contributed by atoms with Gasteiger partial charge in [-0.1, -0.05) is 54.1 Å². The molecule has 1 unspecified atom stereocenters. The lowest BCUT2D eigenvalue weighted by molar-refractivity contribution is 0.211. The van der Waals surface area contributed by atoms with Gasteiger partial charge < -0.3 is 9.30 Å². The van der Waals surface area contributed by atoms with Crippen molar-refractivity contribution in [3.63, 3.8) is 0 Å². The third kappa shape index (κ3) is 4.46. The van der Waals surface area contributed by atoms with Gasteiger partial charge in [0.2, 0.25) is 0 Å². The standard InChI is InChI=1S/C25H25ClN2O/c1-18-17-21(14-15-22(18)26)29-19(2)25-27-23-12-6-7-13-24(23)28(25)16-8-11-20-9-4-3-5-10-20/h3-7,9-10,12-15,17,19H,8,11,16H2,1-2H3. The van der Waals surface area contributed by atoms with Crippen LogP contribution in [-0.4, -0.2) is 9.55 Å². The van der Waals surface area contributed by atoms with Crippen molar-refractivity contribution in [1.82, 2.24) is 9.55 Å². The molecule has 0 aliphatic carbocycles. The second-order valence-electron chi connectivity index (χ2n) is 7.37. The van der Waals surface area contributed by atoms with E-state index in [1.54, 1.807) is 0 Å². The van der Waals surface area contributed by atoms with Crippen LogP contribution in [0.15, 0.2) is 72.8 Å². The zero-order valence-corrected chi connectivity index (χ0v) is 17.6. The monoisotopic (exact) mass is 404 g/mol. The van der Waals surface area contributed by atoms with Crippen LogP contribution < -0.4 is 4.74 Å². The smallest absolute Gasteiger partial charge is 0.153 e. The van der Waals surface area contributed by atoms with Crippen LogP contribution in [0.5, 0.6) is 5.75 Å². The van der Waals surface area contributed by atoms with E-state index in [1.807, 2.05) is 31.2 Å². The molecule has 1 heterocycles. The molecule has 0 amide bonds. The molecule has 4 rings (SSSR count). The normalized spacial score (nSPS) is 12.2. The van der Waals surface area contributed by atoms with E-state index in [9.17, 15) is 0 Å². The van der Waals surface area contributed by atoms with Crippen LogP contribution in [0.2, 0.25) is 5.02 Å². The number of benzene rings is 3. The fourth-order valence-corrected chi connectivity index (χ4v) is 3.79. The summed E-state index contributed by atoms with van der Waals surface area (Å²) in [7, 11) is 0. The summed E-state index contributed by atoms with van der Waals surface area (Å²) < 4.78 is 8.53. The van der Waals surface area contributed by atoms with Crippen LogP contribution in [0.25, 0.3) is 11.0 Å². The highest BCUT2D eigenvalue weighted by molar-refractivity contribution is 6.31. The van der Waals surface area contributed by atoms with Gasteiger partial charge in [-0.15, -0.1) is 0 Å². The Kier molecular flexibility index (Phi) is 5.86. The van der Waals surface area contributed by atoms with Gasteiger partial charge in [0.05, 0.1) is 11.0 Å². The Morgan fingerprint density at radius 3 is 2.55 bits per heavy atom. The highest BCUT2D eigenvalue weighted by Crippen LogP contribution is 2.28. The first kappa shape index (κ1) is 19.5. The highest BCUT2D eigenvalue weighted by atomic mass is 35.5. The predicted molar refractivity (Wildman–Crippen MR) is 120 cm³/mol. The average molecular weight is 405 g/mol. The molecule has 0 aliphatic heterocycles. The van der Waals surface area contributed by atoms with Crippen molar-refractivity contribution in [3.8, 4) is 5.75 Å². The molecule has 4 heteroatoms. The Morgan fingerprint density at radius 2 is 1.76 bits per heavy atom. The molecule has 3 nitrogen and oxygen atoms in total. The maximum atomic E-state index is 6.23. The van der Waals surface area contributed by atoms with E-state index in [1.165, 1.54) is 5.56 Å². The lowest BCUT2D eigenvalue weighted by Gasteiger charge is -2.17. The van der Waals surface area contributed by atoms with Crippen LogP contribution in [0, 0.1) is 6.92 Å². The van der Waals surface area contributed by atoms with Gasteiger partial charge in [-0.25, -0.2) is 4.98 Å². The molecule has 4 aromatic rings. The summed E-state index contributed by atoms with van der Waals surface area (Å²) in [5.74, 6) is 1.76. The molecule has 0 N–H and O–H groups in total. The second-order valence-corrected chi connectivity index (χ2v) is 7.78. The lowest BCUT2D eigenvalue weighted by atomic mass is 10.1. The van der Waals surface area contributed by atoms with Gasteiger partial charge in [0, 0.05) is 11.6 Å². The van der Waals surface area contributed by atoms with Gasteiger partial charge in [0.25, 0.3) is 0 Å². The largest absolute Gasteiger partial charge is 0.483 e. The van der Waals surface area contributed by atoms with Crippen LogP contribution >= 0.6 is 11.6 Å². The van der Waals surface area contributed by atoms with Gasteiger partial charge >= 0.3 is 0 Å². The summed E-state index contributed by atoms with van der Waals surface area (Å²) in [6.07, 6.45) is 1.92. The molecule has 0 fully saturated rings. The zero-order valence-electron chi connectivity index (χ0n) is 16.8. The van der Waals surface area contributed by atoms with Gasteiger partial charge in [-0.05, 0) is 68.1 Å². The third-order valence-corrected chi connectivity index (χ3v) is 5.60. The van der Waals surface area contributed by atoms with E-state index in [-0.39, 0.29) is 6.10 Å². The van der Waals surface area contributed by atoms with Gasteiger partial charge in [0.1, 0.15) is 5.75 Å². The molecule has 0 radical (unpaired) electrons. The molecule has 0 saturated heterocycles. The summed E-state index contributed by atoms with van der Waals surface area (Å²) in [5, 5.41) is 0.748. The van der Waals surface area contributed by atoms with Crippen molar-refractivity contribution in [3.05, 3.63) is 94.8 Å². The quantitative estimate of drug-likeness (QED) is 0.339. The van der Waals surface area contributed by atoms with Gasteiger partial charge in [-0.3, -0.25) is 0 Å². The van der Waals surface area contributed by atoms with Crippen molar-refractivity contribution in [2.24, 2.45) is 0 Å². The minimum atomic E-state index is -0.167.